The molecule has 0 spiro atoms. The smallest absolute Gasteiger partial charge is 0.255 e. The zero-order chi connectivity index (χ0) is 14.1. The Morgan fingerprint density at radius 3 is 2.95 bits per heavy atom. The lowest BCUT2D eigenvalue weighted by molar-refractivity contribution is 0.102. The van der Waals surface area contributed by atoms with Gasteiger partial charge in [-0.25, -0.2) is 9.37 Å². The molecule has 0 bridgehead atoms. The van der Waals surface area contributed by atoms with Gasteiger partial charge in [0, 0.05) is 5.56 Å². The number of imidazole rings is 1. The third-order valence-electron chi connectivity index (χ3n) is 2.88. The maximum Gasteiger partial charge on any atom is 0.255 e. The molecule has 6 heteroatoms. The van der Waals surface area contributed by atoms with E-state index in [0.717, 1.165) is 11.0 Å². The van der Waals surface area contributed by atoms with E-state index in [4.69, 9.17) is 11.6 Å². The number of carbonyl (C=O) groups is 1. The number of aromatic amines is 1. The first-order chi connectivity index (χ1) is 9.65. The Labute approximate surface area is 118 Å². The lowest BCUT2D eigenvalue weighted by Crippen LogP contribution is -2.13. The molecule has 2 aromatic carbocycles. The van der Waals surface area contributed by atoms with Crippen LogP contribution in [0, 0.1) is 5.82 Å². The number of halogens is 2. The van der Waals surface area contributed by atoms with Crippen LogP contribution in [0.15, 0.2) is 42.7 Å². The molecule has 4 nitrogen and oxygen atoms in total. The Bertz CT molecular complexity index is 780. The van der Waals surface area contributed by atoms with Gasteiger partial charge in [0.2, 0.25) is 0 Å². The molecular weight excluding hydrogens is 281 g/mol. The Kier molecular flexibility index (Phi) is 3.12. The molecule has 20 heavy (non-hydrogen) atoms. The number of fused-ring (bicyclic) bond motifs is 1. The molecule has 0 radical (unpaired) electrons. The van der Waals surface area contributed by atoms with Crippen LogP contribution >= 0.6 is 11.6 Å². The first kappa shape index (κ1) is 12.6. The maximum absolute atomic E-state index is 13.6. The maximum atomic E-state index is 13.6. The third-order valence-corrected chi connectivity index (χ3v) is 3.20. The quantitative estimate of drug-likeness (QED) is 0.757. The van der Waals surface area contributed by atoms with E-state index in [9.17, 15) is 9.18 Å². The number of aromatic nitrogens is 2. The second-order valence-electron chi connectivity index (χ2n) is 4.19. The van der Waals surface area contributed by atoms with Crippen LogP contribution in [0.4, 0.5) is 10.1 Å². The van der Waals surface area contributed by atoms with E-state index in [1.54, 1.807) is 24.5 Å². The molecule has 0 unspecified atom stereocenters. The summed E-state index contributed by atoms with van der Waals surface area (Å²) in [5.41, 5.74) is 1.85. The normalized spacial score (nSPS) is 10.7. The van der Waals surface area contributed by atoms with E-state index in [1.165, 1.54) is 18.2 Å². The number of hydrogen-bond donors (Lipinski definition) is 2. The molecule has 0 aliphatic heterocycles. The molecular formula is C14H9ClFN3O. The van der Waals surface area contributed by atoms with Crippen molar-refractivity contribution >= 4 is 34.2 Å². The molecule has 100 valence electrons. The van der Waals surface area contributed by atoms with Crippen molar-refractivity contribution in [1.29, 1.82) is 0 Å². The number of anilines is 1. The lowest BCUT2D eigenvalue weighted by atomic mass is 10.2. The van der Waals surface area contributed by atoms with Crippen molar-refractivity contribution in [1.82, 2.24) is 9.97 Å². The van der Waals surface area contributed by atoms with E-state index in [0.29, 0.717) is 5.56 Å². The highest BCUT2D eigenvalue weighted by atomic mass is 35.5. The largest absolute Gasteiger partial charge is 0.345 e. The van der Waals surface area contributed by atoms with Crippen LogP contribution < -0.4 is 5.32 Å². The van der Waals surface area contributed by atoms with E-state index in [-0.39, 0.29) is 10.7 Å². The average molecular weight is 290 g/mol. The van der Waals surface area contributed by atoms with Crippen molar-refractivity contribution in [3.05, 3.63) is 59.1 Å². The van der Waals surface area contributed by atoms with Crippen molar-refractivity contribution in [3.63, 3.8) is 0 Å². The fourth-order valence-corrected chi connectivity index (χ4v) is 2.09. The predicted octanol–water partition coefficient (Wildman–Crippen LogP) is 3.61. The van der Waals surface area contributed by atoms with Crippen molar-refractivity contribution < 1.29 is 9.18 Å². The van der Waals surface area contributed by atoms with Crippen LogP contribution in [-0.4, -0.2) is 15.9 Å². The number of amides is 1. The van der Waals surface area contributed by atoms with Gasteiger partial charge in [-0.15, -0.1) is 0 Å². The molecule has 1 aromatic heterocycles. The summed E-state index contributed by atoms with van der Waals surface area (Å²) in [6.07, 6.45) is 1.54. The number of rotatable bonds is 2. The topological polar surface area (TPSA) is 57.8 Å². The van der Waals surface area contributed by atoms with Crippen LogP contribution in [0.2, 0.25) is 5.02 Å². The summed E-state index contributed by atoms with van der Waals surface area (Å²) < 4.78 is 13.6. The van der Waals surface area contributed by atoms with Gasteiger partial charge in [0.1, 0.15) is 5.82 Å². The summed E-state index contributed by atoms with van der Waals surface area (Å²) >= 11 is 5.87. The fraction of sp³-hybridized carbons (Fsp3) is 0. The Balaban J connectivity index is 1.92. The number of carbonyl (C=O) groups excluding carboxylic acids is 1. The van der Waals surface area contributed by atoms with Crippen LogP contribution in [0.3, 0.4) is 0 Å². The van der Waals surface area contributed by atoms with Crippen molar-refractivity contribution in [3.8, 4) is 0 Å². The van der Waals surface area contributed by atoms with Gasteiger partial charge in [0.15, 0.2) is 0 Å². The molecule has 0 saturated carbocycles. The minimum atomic E-state index is -0.575. The second-order valence-corrected chi connectivity index (χ2v) is 4.59. The average Bonchev–Trinajstić information content (AvgIpc) is 2.90. The molecule has 0 saturated heterocycles. The Morgan fingerprint density at radius 1 is 1.30 bits per heavy atom. The van der Waals surface area contributed by atoms with Gasteiger partial charge in [-0.1, -0.05) is 17.7 Å². The molecule has 2 N–H and O–H groups in total. The molecule has 0 fully saturated rings. The minimum Gasteiger partial charge on any atom is -0.345 e. The highest BCUT2D eigenvalue weighted by Crippen LogP contribution is 2.25. The van der Waals surface area contributed by atoms with E-state index in [2.05, 4.69) is 15.3 Å². The molecule has 1 heterocycles. The van der Waals surface area contributed by atoms with Crippen molar-refractivity contribution in [2.75, 3.05) is 5.32 Å². The van der Waals surface area contributed by atoms with E-state index in [1.807, 2.05) is 0 Å². The number of hydrogen-bond acceptors (Lipinski definition) is 2. The predicted molar refractivity (Wildman–Crippen MR) is 75.5 cm³/mol. The molecule has 3 rings (SSSR count). The highest BCUT2D eigenvalue weighted by Gasteiger charge is 2.13. The first-order valence-corrected chi connectivity index (χ1v) is 6.21. The SMILES string of the molecule is O=C(Nc1c(F)cccc1Cl)c1ccc2nc[nH]c2c1. The standard InChI is InChI=1S/C14H9ClFN3O/c15-9-2-1-3-10(16)13(9)19-14(20)8-4-5-11-12(6-8)18-7-17-11/h1-7H,(H,17,18)(H,19,20). The zero-order valence-corrected chi connectivity index (χ0v) is 10.9. The summed E-state index contributed by atoms with van der Waals surface area (Å²) in [6.45, 7) is 0. The lowest BCUT2D eigenvalue weighted by Gasteiger charge is -2.08. The molecule has 1 amide bonds. The number of H-pyrrole nitrogens is 1. The van der Waals surface area contributed by atoms with Crippen LogP contribution in [-0.2, 0) is 0 Å². The van der Waals surface area contributed by atoms with E-state index >= 15 is 0 Å². The van der Waals surface area contributed by atoms with Crippen molar-refractivity contribution in [2.45, 2.75) is 0 Å². The second kappa shape index (κ2) is 4.94. The fourth-order valence-electron chi connectivity index (χ4n) is 1.88. The van der Waals surface area contributed by atoms with Crippen LogP contribution in [0.1, 0.15) is 10.4 Å². The highest BCUT2D eigenvalue weighted by molar-refractivity contribution is 6.34. The van der Waals surface area contributed by atoms with Crippen molar-refractivity contribution in [2.24, 2.45) is 0 Å². The molecule has 0 aliphatic carbocycles. The monoisotopic (exact) mass is 289 g/mol. The van der Waals surface area contributed by atoms with Gasteiger partial charge in [-0.05, 0) is 30.3 Å². The Morgan fingerprint density at radius 2 is 2.15 bits per heavy atom. The van der Waals surface area contributed by atoms with Gasteiger partial charge in [-0.3, -0.25) is 4.79 Å². The summed E-state index contributed by atoms with van der Waals surface area (Å²) in [5, 5.41) is 2.63. The minimum absolute atomic E-state index is 0.0242. The Hall–Kier alpha value is -2.40. The summed E-state index contributed by atoms with van der Waals surface area (Å²) in [5.74, 6) is -1.01. The van der Waals surface area contributed by atoms with Crippen LogP contribution in [0.25, 0.3) is 11.0 Å². The van der Waals surface area contributed by atoms with E-state index < -0.39 is 11.7 Å². The number of nitrogens with zero attached hydrogens (tertiary/aromatic N) is 1. The summed E-state index contributed by atoms with van der Waals surface area (Å²) in [4.78, 5) is 19.1. The molecule has 0 aliphatic rings. The summed E-state index contributed by atoms with van der Waals surface area (Å²) in [6, 6.07) is 9.20. The van der Waals surface area contributed by atoms with Crippen LogP contribution in [0.5, 0.6) is 0 Å². The van der Waals surface area contributed by atoms with Gasteiger partial charge in [0.05, 0.1) is 28.1 Å². The summed E-state index contributed by atoms with van der Waals surface area (Å²) in [7, 11) is 0. The van der Waals surface area contributed by atoms with Gasteiger partial charge in [-0.2, -0.15) is 0 Å². The first-order valence-electron chi connectivity index (χ1n) is 5.83. The number of benzene rings is 2. The number of para-hydroxylation sites is 1. The zero-order valence-electron chi connectivity index (χ0n) is 10.2. The molecule has 0 atom stereocenters. The molecule has 3 aromatic rings. The van der Waals surface area contributed by atoms with Gasteiger partial charge >= 0.3 is 0 Å². The van der Waals surface area contributed by atoms with Gasteiger partial charge < -0.3 is 10.3 Å². The number of nitrogens with one attached hydrogen (secondary N) is 2. The van der Waals surface area contributed by atoms with Gasteiger partial charge in [0.25, 0.3) is 5.91 Å². The third kappa shape index (κ3) is 2.23.